The Morgan fingerprint density at radius 2 is 2.05 bits per heavy atom. The summed E-state index contributed by atoms with van der Waals surface area (Å²) in [6, 6.07) is 13.1. The molecule has 0 aliphatic carbocycles. The first-order chi connectivity index (χ1) is 10.6. The van der Waals surface area contributed by atoms with Gasteiger partial charge in [-0.15, -0.1) is 0 Å². The van der Waals surface area contributed by atoms with E-state index in [1.807, 2.05) is 43.3 Å². The second kappa shape index (κ2) is 6.36. The van der Waals surface area contributed by atoms with Crippen molar-refractivity contribution in [2.75, 3.05) is 13.1 Å². The third-order valence-corrected chi connectivity index (χ3v) is 4.02. The van der Waals surface area contributed by atoms with Gasteiger partial charge < -0.3 is 9.64 Å². The van der Waals surface area contributed by atoms with Gasteiger partial charge >= 0.3 is 0 Å². The molecule has 1 aromatic heterocycles. The predicted molar refractivity (Wildman–Crippen MR) is 85.1 cm³/mol. The molecule has 0 bridgehead atoms. The fourth-order valence-electron chi connectivity index (χ4n) is 2.39. The van der Waals surface area contributed by atoms with Gasteiger partial charge in [-0.05, 0) is 24.6 Å². The van der Waals surface area contributed by atoms with Crippen LogP contribution in [0.25, 0.3) is 0 Å². The van der Waals surface area contributed by atoms with Crippen molar-refractivity contribution in [2.45, 2.75) is 19.4 Å². The molecule has 1 saturated heterocycles. The van der Waals surface area contributed by atoms with E-state index in [-0.39, 0.29) is 12.0 Å². The first-order valence-electron chi connectivity index (χ1n) is 7.23. The molecule has 2 heterocycles. The van der Waals surface area contributed by atoms with Crippen molar-refractivity contribution in [3.63, 3.8) is 0 Å². The number of hydrogen-bond acceptors (Lipinski definition) is 3. The molecular formula is C17H17ClN2O2. The molecule has 2 aromatic rings. The highest BCUT2D eigenvalue weighted by Gasteiger charge is 2.32. The first kappa shape index (κ1) is 14.9. The lowest BCUT2D eigenvalue weighted by molar-refractivity contribution is -0.139. The minimum Gasteiger partial charge on any atom is -0.471 e. The molecule has 114 valence electrons. The van der Waals surface area contributed by atoms with E-state index in [0.29, 0.717) is 30.4 Å². The second-order valence-corrected chi connectivity index (χ2v) is 5.83. The van der Waals surface area contributed by atoms with Gasteiger partial charge in [-0.1, -0.05) is 35.9 Å². The summed E-state index contributed by atoms with van der Waals surface area (Å²) in [6.07, 6.45) is 0.347. The van der Waals surface area contributed by atoms with Crippen molar-refractivity contribution < 1.29 is 9.53 Å². The summed E-state index contributed by atoms with van der Waals surface area (Å²) in [5.74, 6) is 0.688. The van der Waals surface area contributed by atoms with Crippen molar-refractivity contribution in [1.82, 2.24) is 9.88 Å². The molecule has 0 N–H and O–H groups in total. The Labute approximate surface area is 134 Å². The van der Waals surface area contributed by atoms with Gasteiger partial charge in [-0.3, -0.25) is 4.79 Å². The highest BCUT2D eigenvalue weighted by atomic mass is 35.5. The summed E-state index contributed by atoms with van der Waals surface area (Å²) in [7, 11) is 0. The van der Waals surface area contributed by atoms with Crippen LogP contribution in [0.1, 0.15) is 11.3 Å². The zero-order chi connectivity index (χ0) is 15.5. The Bertz CT molecular complexity index is 684. The van der Waals surface area contributed by atoms with E-state index >= 15 is 0 Å². The lowest BCUT2D eigenvalue weighted by atomic mass is 10.1. The van der Waals surface area contributed by atoms with E-state index in [1.165, 1.54) is 0 Å². The molecule has 0 saturated carbocycles. The van der Waals surface area contributed by atoms with Gasteiger partial charge in [-0.2, -0.15) is 0 Å². The summed E-state index contributed by atoms with van der Waals surface area (Å²) >= 11 is 6.08. The smallest absolute Gasteiger partial charge is 0.227 e. The van der Waals surface area contributed by atoms with E-state index in [0.717, 1.165) is 11.3 Å². The molecule has 22 heavy (non-hydrogen) atoms. The molecule has 5 heteroatoms. The van der Waals surface area contributed by atoms with Crippen LogP contribution in [0.5, 0.6) is 5.88 Å². The molecule has 4 nitrogen and oxygen atoms in total. The molecule has 1 aliphatic heterocycles. The number of rotatable bonds is 4. The van der Waals surface area contributed by atoms with Crippen LogP contribution in [-0.4, -0.2) is 35.0 Å². The third kappa shape index (κ3) is 3.39. The number of likely N-dealkylation sites (tertiary alicyclic amines) is 1. The number of pyridine rings is 1. The summed E-state index contributed by atoms with van der Waals surface area (Å²) in [6.45, 7) is 3.12. The number of halogens is 1. The fourth-order valence-corrected chi connectivity index (χ4v) is 2.59. The van der Waals surface area contributed by atoms with Crippen LogP contribution in [-0.2, 0) is 11.2 Å². The van der Waals surface area contributed by atoms with Crippen LogP contribution in [0.4, 0.5) is 0 Å². The molecule has 3 rings (SSSR count). The van der Waals surface area contributed by atoms with Crippen molar-refractivity contribution in [2.24, 2.45) is 0 Å². The molecule has 0 atom stereocenters. The maximum Gasteiger partial charge on any atom is 0.227 e. The average molecular weight is 317 g/mol. The molecular weight excluding hydrogens is 300 g/mol. The number of aromatic nitrogens is 1. The number of benzene rings is 1. The quantitative estimate of drug-likeness (QED) is 0.871. The van der Waals surface area contributed by atoms with Gasteiger partial charge in [0, 0.05) is 16.8 Å². The van der Waals surface area contributed by atoms with Gasteiger partial charge in [0.05, 0.1) is 19.5 Å². The minimum atomic E-state index is 0.0181. The lowest BCUT2D eigenvalue weighted by Gasteiger charge is -2.38. The lowest BCUT2D eigenvalue weighted by Crippen LogP contribution is -2.56. The van der Waals surface area contributed by atoms with Crippen molar-refractivity contribution in [1.29, 1.82) is 0 Å². The van der Waals surface area contributed by atoms with Crippen LogP contribution in [0.2, 0.25) is 5.02 Å². The van der Waals surface area contributed by atoms with Gasteiger partial charge in [0.2, 0.25) is 11.8 Å². The Kier molecular flexibility index (Phi) is 4.29. The van der Waals surface area contributed by atoms with Crippen molar-refractivity contribution in [3.8, 4) is 5.88 Å². The Balaban J connectivity index is 1.51. The zero-order valence-electron chi connectivity index (χ0n) is 12.3. The normalized spacial score (nSPS) is 14.5. The molecule has 1 fully saturated rings. The van der Waals surface area contributed by atoms with Crippen LogP contribution in [0.3, 0.4) is 0 Å². The molecule has 1 aliphatic rings. The Hall–Kier alpha value is -2.07. The summed E-state index contributed by atoms with van der Waals surface area (Å²) in [4.78, 5) is 18.3. The number of ether oxygens (including phenoxy) is 1. The summed E-state index contributed by atoms with van der Waals surface area (Å²) in [5, 5.41) is 0.633. The highest BCUT2D eigenvalue weighted by molar-refractivity contribution is 6.31. The topological polar surface area (TPSA) is 42.4 Å². The van der Waals surface area contributed by atoms with Gasteiger partial charge in [0.15, 0.2) is 0 Å². The monoisotopic (exact) mass is 316 g/mol. The van der Waals surface area contributed by atoms with E-state index in [2.05, 4.69) is 4.98 Å². The fraction of sp³-hybridized carbons (Fsp3) is 0.294. The largest absolute Gasteiger partial charge is 0.471 e. The van der Waals surface area contributed by atoms with Gasteiger partial charge in [-0.25, -0.2) is 4.98 Å². The molecule has 0 unspecified atom stereocenters. The van der Waals surface area contributed by atoms with Gasteiger partial charge in [0.1, 0.15) is 6.10 Å². The Morgan fingerprint density at radius 1 is 1.27 bits per heavy atom. The van der Waals surface area contributed by atoms with E-state index in [1.54, 1.807) is 11.0 Å². The SMILES string of the molecule is Cc1cccc(OC2CN(C(=O)Cc3ccccc3Cl)C2)n1. The van der Waals surface area contributed by atoms with Crippen LogP contribution < -0.4 is 4.74 Å². The number of aryl methyl sites for hydroxylation is 1. The average Bonchev–Trinajstić information content (AvgIpc) is 2.45. The number of amides is 1. The van der Waals surface area contributed by atoms with Crippen molar-refractivity contribution in [3.05, 3.63) is 58.7 Å². The number of carbonyl (C=O) groups is 1. The third-order valence-electron chi connectivity index (χ3n) is 3.65. The number of nitrogens with zero attached hydrogens (tertiary/aromatic N) is 2. The van der Waals surface area contributed by atoms with Crippen molar-refractivity contribution >= 4 is 17.5 Å². The van der Waals surface area contributed by atoms with E-state index in [9.17, 15) is 4.79 Å². The summed E-state index contributed by atoms with van der Waals surface area (Å²) in [5.41, 5.74) is 1.78. The standard InChI is InChI=1S/C17H17ClN2O2/c1-12-5-4-8-16(19-12)22-14-10-20(11-14)17(21)9-13-6-2-3-7-15(13)18/h2-8,14H,9-11H2,1H3. The van der Waals surface area contributed by atoms with Crippen LogP contribution >= 0.6 is 11.6 Å². The van der Waals surface area contributed by atoms with Gasteiger partial charge in [0.25, 0.3) is 0 Å². The maximum absolute atomic E-state index is 12.2. The minimum absolute atomic E-state index is 0.0181. The maximum atomic E-state index is 12.2. The molecule has 1 amide bonds. The van der Waals surface area contributed by atoms with Crippen LogP contribution in [0, 0.1) is 6.92 Å². The second-order valence-electron chi connectivity index (χ2n) is 5.42. The predicted octanol–water partition coefficient (Wildman–Crippen LogP) is 2.88. The first-order valence-corrected chi connectivity index (χ1v) is 7.61. The van der Waals surface area contributed by atoms with Crippen LogP contribution in [0.15, 0.2) is 42.5 Å². The zero-order valence-corrected chi connectivity index (χ0v) is 13.1. The van der Waals surface area contributed by atoms with E-state index in [4.69, 9.17) is 16.3 Å². The summed E-state index contributed by atoms with van der Waals surface area (Å²) < 4.78 is 5.75. The highest BCUT2D eigenvalue weighted by Crippen LogP contribution is 2.20. The molecule has 0 radical (unpaired) electrons. The number of carbonyl (C=O) groups excluding carboxylic acids is 1. The number of hydrogen-bond donors (Lipinski definition) is 0. The molecule has 1 aromatic carbocycles. The van der Waals surface area contributed by atoms with E-state index < -0.39 is 0 Å². The molecule has 0 spiro atoms. The Morgan fingerprint density at radius 3 is 2.77 bits per heavy atom.